The van der Waals surface area contributed by atoms with Crippen LogP contribution in [0.4, 0.5) is 0 Å². The van der Waals surface area contributed by atoms with Gasteiger partial charge in [-0.15, -0.1) is 5.10 Å². The highest BCUT2D eigenvalue weighted by atomic mass is 16.4. The molecule has 84 valence electrons. The average Bonchev–Trinajstić information content (AvgIpc) is 2.58. The molecular weight excluding hydrogens is 198 g/mol. The van der Waals surface area contributed by atoms with Crippen molar-refractivity contribution >= 4 is 5.97 Å². The van der Waals surface area contributed by atoms with E-state index >= 15 is 0 Å². The van der Waals surface area contributed by atoms with E-state index in [1.165, 1.54) is 4.68 Å². The number of carboxylic acid groups (broad SMARTS) is 1. The van der Waals surface area contributed by atoms with Gasteiger partial charge in [-0.3, -0.25) is 4.79 Å². The maximum atomic E-state index is 10.4. The number of likely N-dealkylation sites (N-methyl/N-ethyl adjacent to an activating group) is 1. The minimum absolute atomic E-state index is 0.0417. The van der Waals surface area contributed by atoms with Crippen LogP contribution in [0.15, 0.2) is 0 Å². The van der Waals surface area contributed by atoms with Gasteiger partial charge in [0.1, 0.15) is 0 Å². The predicted octanol–water partition coefficient (Wildman–Crippen LogP) is -0.748. The highest BCUT2D eigenvalue weighted by Crippen LogP contribution is 1.96. The van der Waals surface area contributed by atoms with Gasteiger partial charge in [0.25, 0.3) is 0 Å². The lowest BCUT2D eigenvalue weighted by Crippen LogP contribution is -2.18. The van der Waals surface area contributed by atoms with Crippen LogP contribution in [0.3, 0.4) is 0 Å². The molecule has 0 aromatic carbocycles. The second-order valence-corrected chi connectivity index (χ2v) is 3.52. The van der Waals surface area contributed by atoms with Crippen molar-refractivity contribution in [2.24, 2.45) is 0 Å². The van der Waals surface area contributed by atoms with Crippen molar-refractivity contribution in [2.75, 3.05) is 20.6 Å². The third kappa shape index (κ3) is 4.03. The highest BCUT2D eigenvalue weighted by Gasteiger charge is 2.07. The van der Waals surface area contributed by atoms with Crippen LogP contribution in [0, 0.1) is 0 Å². The molecular formula is C8H15N5O2. The lowest BCUT2D eigenvalue weighted by Gasteiger charge is -2.08. The summed E-state index contributed by atoms with van der Waals surface area (Å²) in [6.07, 6.45) is 0.764. The number of carboxylic acids is 1. The minimum Gasteiger partial charge on any atom is -0.481 e. The van der Waals surface area contributed by atoms with Crippen LogP contribution in [0.25, 0.3) is 0 Å². The first-order valence-corrected chi connectivity index (χ1v) is 4.71. The zero-order valence-electron chi connectivity index (χ0n) is 8.92. The summed E-state index contributed by atoms with van der Waals surface area (Å²) >= 11 is 0. The van der Waals surface area contributed by atoms with Crippen molar-refractivity contribution in [3.8, 4) is 0 Å². The number of hydrogen-bond acceptors (Lipinski definition) is 5. The molecule has 1 rings (SSSR count). The normalized spacial score (nSPS) is 10.9. The number of rotatable bonds is 6. The van der Waals surface area contributed by atoms with Crippen molar-refractivity contribution in [2.45, 2.75) is 19.4 Å². The summed E-state index contributed by atoms with van der Waals surface area (Å²) in [6.45, 7) is 1.17. The molecule has 0 saturated carbocycles. The molecule has 0 aliphatic carbocycles. The van der Waals surface area contributed by atoms with E-state index in [-0.39, 0.29) is 6.42 Å². The van der Waals surface area contributed by atoms with Crippen molar-refractivity contribution < 1.29 is 9.90 Å². The molecule has 0 atom stereocenters. The Morgan fingerprint density at radius 3 is 2.87 bits per heavy atom. The molecule has 0 bridgehead atoms. The van der Waals surface area contributed by atoms with E-state index in [1.54, 1.807) is 0 Å². The monoisotopic (exact) mass is 213 g/mol. The Bertz CT molecular complexity index is 323. The number of aromatic nitrogens is 4. The topological polar surface area (TPSA) is 84.1 Å². The van der Waals surface area contributed by atoms with Crippen LogP contribution in [0.1, 0.15) is 12.2 Å². The Morgan fingerprint density at radius 2 is 2.27 bits per heavy atom. The molecule has 0 unspecified atom stereocenters. The van der Waals surface area contributed by atoms with Gasteiger partial charge in [-0.25, -0.2) is 4.68 Å². The summed E-state index contributed by atoms with van der Waals surface area (Å²) in [5.41, 5.74) is 0. The van der Waals surface area contributed by atoms with Crippen molar-refractivity contribution in [3.05, 3.63) is 5.82 Å². The largest absolute Gasteiger partial charge is 0.481 e. The minimum atomic E-state index is -0.843. The Hall–Kier alpha value is -1.50. The van der Waals surface area contributed by atoms with Crippen LogP contribution < -0.4 is 0 Å². The van der Waals surface area contributed by atoms with Gasteiger partial charge in [0.15, 0.2) is 5.82 Å². The number of nitrogens with zero attached hydrogens (tertiary/aromatic N) is 5. The zero-order chi connectivity index (χ0) is 11.3. The molecule has 15 heavy (non-hydrogen) atoms. The van der Waals surface area contributed by atoms with Gasteiger partial charge < -0.3 is 10.0 Å². The van der Waals surface area contributed by atoms with E-state index < -0.39 is 5.97 Å². The summed E-state index contributed by atoms with van der Waals surface area (Å²) in [5, 5.41) is 19.6. The molecule has 0 fully saturated rings. The van der Waals surface area contributed by atoms with Crippen LogP contribution in [-0.2, 0) is 17.8 Å². The van der Waals surface area contributed by atoms with Crippen molar-refractivity contribution in [3.63, 3.8) is 0 Å². The second kappa shape index (κ2) is 5.40. The second-order valence-electron chi connectivity index (χ2n) is 3.52. The fourth-order valence-corrected chi connectivity index (χ4v) is 1.10. The van der Waals surface area contributed by atoms with Crippen LogP contribution in [-0.4, -0.2) is 56.8 Å². The smallest absolute Gasteiger partial charge is 0.305 e. The fourth-order valence-electron chi connectivity index (χ4n) is 1.10. The molecule has 0 radical (unpaired) electrons. The molecule has 0 spiro atoms. The lowest BCUT2D eigenvalue weighted by molar-refractivity contribution is -0.137. The van der Waals surface area contributed by atoms with E-state index in [1.807, 2.05) is 19.0 Å². The molecule has 0 aliphatic rings. The Morgan fingerprint density at radius 1 is 1.53 bits per heavy atom. The first-order chi connectivity index (χ1) is 7.09. The third-order valence-corrected chi connectivity index (χ3v) is 1.93. The molecule has 1 aromatic heterocycles. The number of aryl methyl sites for hydroxylation is 1. The molecule has 0 aliphatic heterocycles. The predicted molar refractivity (Wildman–Crippen MR) is 52.3 cm³/mol. The molecule has 1 N–H and O–H groups in total. The third-order valence-electron chi connectivity index (χ3n) is 1.93. The maximum absolute atomic E-state index is 10.4. The summed E-state index contributed by atoms with van der Waals surface area (Å²) < 4.78 is 1.54. The molecule has 0 amide bonds. The maximum Gasteiger partial charge on any atom is 0.305 e. The van der Waals surface area contributed by atoms with E-state index in [0.29, 0.717) is 6.54 Å². The summed E-state index contributed by atoms with van der Waals surface area (Å²) in [7, 11) is 3.93. The van der Waals surface area contributed by atoms with Crippen LogP contribution >= 0.6 is 0 Å². The molecule has 7 heteroatoms. The van der Waals surface area contributed by atoms with Gasteiger partial charge in [0.05, 0.1) is 13.0 Å². The van der Waals surface area contributed by atoms with E-state index in [9.17, 15) is 4.79 Å². The summed E-state index contributed by atoms with van der Waals surface area (Å²) in [5.74, 6) is -0.117. The molecule has 1 aromatic rings. The highest BCUT2D eigenvalue weighted by molar-refractivity contribution is 5.66. The molecule has 0 saturated heterocycles. The number of hydrogen-bond donors (Lipinski definition) is 1. The van der Waals surface area contributed by atoms with Crippen LogP contribution in [0.2, 0.25) is 0 Å². The van der Waals surface area contributed by atoms with Crippen LogP contribution in [0.5, 0.6) is 0 Å². The lowest BCUT2D eigenvalue weighted by atomic mass is 10.3. The van der Waals surface area contributed by atoms with Gasteiger partial charge in [-0.2, -0.15) is 0 Å². The molecule has 1 heterocycles. The van der Waals surface area contributed by atoms with E-state index in [0.717, 1.165) is 18.8 Å². The van der Waals surface area contributed by atoms with Crippen molar-refractivity contribution in [1.29, 1.82) is 0 Å². The van der Waals surface area contributed by atoms with E-state index in [4.69, 9.17) is 5.11 Å². The first kappa shape index (κ1) is 11.6. The summed E-state index contributed by atoms with van der Waals surface area (Å²) in [4.78, 5) is 12.4. The number of aliphatic carboxylic acids is 1. The van der Waals surface area contributed by atoms with Gasteiger partial charge in [0, 0.05) is 13.0 Å². The van der Waals surface area contributed by atoms with Gasteiger partial charge >= 0.3 is 5.97 Å². The van der Waals surface area contributed by atoms with Gasteiger partial charge in [0.2, 0.25) is 0 Å². The van der Waals surface area contributed by atoms with Crippen molar-refractivity contribution in [1.82, 2.24) is 25.1 Å². The van der Waals surface area contributed by atoms with Gasteiger partial charge in [-0.1, -0.05) is 0 Å². The SMILES string of the molecule is CN(C)CCc1nnnn1CCC(=O)O. The summed E-state index contributed by atoms with van der Waals surface area (Å²) in [6, 6.07) is 0. The quantitative estimate of drug-likeness (QED) is 0.669. The average molecular weight is 213 g/mol. The number of carbonyl (C=O) groups is 1. The van der Waals surface area contributed by atoms with E-state index in [2.05, 4.69) is 15.5 Å². The zero-order valence-corrected chi connectivity index (χ0v) is 8.92. The fraction of sp³-hybridized carbons (Fsp3) is 0.750. The molecule has 7 nitrogen and oxygen atoms in total. The number of tetrazole rings is 1. The Labute approximate surface area is 87.7 Å². The Kier molecular flexibility index (Phi) is 4.17. The first-order valence-electron chi connectivity index (χ1n) is 4.71. The standard InChI is InChI=1S/C8H15N5O2/c1-12(2)5-3-7-9-10-11-13(7)6-4-8(14)15/h3-6H2,1-2H3,(H,14,15). The van der Waals surface area contributed by atoms with Gasteiger partial charge in [-0.05, 0) is 24.5 Å². The Balaban J connectivity index is 2.49.